The molecule has 0 aliphatic carbocycles. The number of rotatable bonds is 4. The van der Waals surface area contributed by atoms with Gasteiger partial charge < -0.3 is 23.9 Å². The fraction of sp³-hybridized carbons (Fsp3) is 0.476. The summed E-state index contributed by atoms with van der Waals surface area (Å²) in [6.45, 7) is 0.885. The van der Waals surface area contributed by atoms with Crippen LogP contribution in [0.2, 0.25) is 0 Å². The van der Waals surface area contributed by atoms with Crippen LogP contribution in [0.15, 0.2) is 47.1 Å². The number of amides is 1. The van der Waals surface area contributed by atoms with Crippen molar-refractivity contribution in [1.82, 2.24) is 4.90 Å². The Morgan fingerprint density at radius 2 is 2.00 bits per heavy atom. The molecule has 1 fully saturated rings. The summed E-state index contributed by atoms with van der Waals surface area (Å²) in [6, 6.07) is 10.9. The monoisotopic (exact) mass is 371 g/mol. The van der Waals surface area contributed by atoms with Gasteiger partial charge in [0, 0.05) is 19.0 Å². The molecule has 2 aliphatic rings. The Balaban J connectivity index is 1.48. The molecule has 4 rings (SSSR count). The Kier molecular flexibility index (Phi) is 5.34. The summed E-state index contributed by atoms with van der Waals surface area (Å²) in [5.74, 6) is 1.74. The van der Waals surface area contributed by atoms with Gasteiger partial charge in [0.25, 0.3) is 5.91 Å². The van der Waals surface area contributed by atoms with Crippen LogP contribution >= 0.6 is 0 Å². The van der Waals surface area contributed by atoms with Crippen LogP contribution in [-0.4, -0.2) is 41.2 Å². The smallest absolute Gasteiger partial charge is 0.267 e. The highest BCUT2D eigenvalue weighted by atomic mass is 16.6. The molecule has 2 aromatic rings. The molecule has 0 saturated carbocycles. The van der Waals surface area contributed by atoms with Gasteiger partial charge in [0.15, 0.2) is 11.5 Å². The number of hydrogen-bond acceptors (Lipinski definition) is 5. The van der Waals surface area contributed by atoms with E-state index in [-0.39, 0.29) is 18.6 Å². The number of carbonyl (C=O) groups is 1. The maximum absolute atomic E-state index is 13.2. The summed E-state index contributed by atoms with van der Waals surface area (Å²) in [5.41, 5.74) is 0. The largest absolute Gasteiger partial charge is 0.485 e. The second kappa shape index (κ2) is 8.05. The lowest BCUT2D eigenvalue weighted by molar-refractivity contribution is -0.144. The van der Waals surface area contributed by atoms with E-state index in [1.807, 2.05) is 29.2 Å². The summed E-state index contributed by atoms with van der Waals surface area (Å²) in [6.07, 6.45) is 4.61. The minimum atomic E-state index is -0.720. The Bertz CT molecular complexity index is 760. The van der Waals surface area contributed by atoms with E-state index in [1.165, 1.54) is 0 Å². The molecule has 3 atom stereocenters. The third kappa shape index (κ3) is 3.95. The van der Waals surface area contributed by atoms with Crippen molar-refractivity contribution >= 4 is 5.91 Å². The second-order valence-electron chi connectivity index (χ2n) is 7.17. The predicted molar refractivity (Wildman–Crippen MR) is 98.6 cm³/mol. The summed E-state index contributed by atoms with van der Waals surface area (Å²) in [5, 5.41) is 10.5. The molecular formula is C21H25NO5. The maximum atomic E-state index is 13.2. The van der Waals surface area contributed by atoms with Gasteiger partial charge in [-0.25, -0.2) is 0 Å². The topological polar surface area (TPSA) is 72.1 Å². The van der Waals surface area contributed by atoms with Crippen molar-refractivity contribution in [3.8, 4) is 11.5 Å². The second-order valence-corrected chi connectivity index (χ2v) is 7.17. The third-order valence-electron chi connectivity index (χ3n) is 5.31. The molecule has 2 aliphatic heterocycles. The minimum absolute atomic E-state index is 0.0409. The van der Waals surface area contributed by atoms with Crippen molar-refractivity contribution in [2.75, 3.05) is 13.2 Å². The van der Waals surface area contributed by atoms with Crippen molar-refractivity contribution in [3.05, 3.63) is 48.4 Å². The predicted octanol–water partition coefficient (Wildman–Crippen LogP) is 3.31. The normalized spacial score (nSPS) is 23.5. The summed E-state index contributed by atoms with van der Waals surface area (Å²) < 4.78 is 17.0. The van der Waals surface area contributed by atoms with E-state index in [4.69, 9.17) is 13.9 Å². The third-order valence-corrected chi connectivity index (χ3v) is 5.31. The van der Waals surface area contributed by atoms with Gasteiger partial charge in [-0.15, -0.1) is 0 Å². The lowest BCUT2D eigenvalue weighted by atomic mass is 10.0. The number of fused-ring (bicyclic) bond motifs is 1. The van der Waals surface area contributed by atoms with Crippen LogP contribution in [0.4, 0.5) is 0 Å². The lowest BCUT2D eigenvalue weighted by Gasteiger charge is -2.35. The first-order valence-electron chi connectivity index (χ1n) is 9.63. The van der Waals surface area contributed by atoms with Gasteiger partial charge in [0.2, 0.25) is 6.10 Å². The minimum Gasteiger partial charge on any atom is -0.485 e. The highest BCUT2D eigenvalue weighted by Crippen LogP contribution is 2.33. The number of ether oxygens (including phenoxy) is 2. The van der Waals surface area contributed by atoms with Crippen molar-refractivity contribution in [2.45, 2.75) is 50.4 Å². The number of nitrogens with zero attached hydrogens (tertiary/aromatic N) is 1. The zero-order valence-electron chi connectivity index (χ0n) is 15.3. The molecule has 1 aromatic heterocycles. The molecule has 3 heterocycles. The van der Waals surface area contributed by atoms with E-state index in [2.05, 4.69) is 0 Å². The van der Waals surface area contributed by atoms with Crippen LogP contribution in [0.1, 0.15) is 44.0 Å². The standard InChI is InChI=1S/C21H25NO5/c23-16(17-10-6-12-25-17)13-15-7-2-1-5-11-22(15)21(24)20-14-26-18-8-3-4-9-19(18)27-20/h3-4,6,8-10,12,15-16,20,23H,1-2,5,7,11,13-14H2. The van der Waals surface area contributed by atoms with Gasteiger partial charge in [-0.05, 0) is 37.1 Å². The first kappa shape index (κ1) is 17.9. The molecule has 1 amide bonds. The number of benzene rings is 1. The SMILES string of the molecule is O=C(C1COc2ccccc2O1)N1CCCCCC1CC(O)c1ccco1. The van der Waals surface area contributed by atoms with Crippen molar-refractivity contribution in [3.63, 3.8) is 0 Å². The Hall–Kier alpha value is -2.47. The molecule has 6 heteroatoms. The van der Waals surface area contributed by atoms with Gasteiger partial charge in [-0.3, -0.25) is 4.79 Å². The molecule has 1 N–H and O–H groups in total. The van der Waals surface area contributed by atoms with E-state index in [0.717, 1.165) is 25.7 Å². The molecule has 27 heavy (non-hydrogen) atoms. The number of aliphatic hydroxyl groups is 1. The first-order valence-corrected chi connectivity index (χ1v) is 9.63. The van der Waals surface area contributed by atoms with Crippen molar-refractivity contribution < 1.29 is 23.8 Å². The van der Waals surface area contributed by atoms with Gasteiger partial charge in [0.1, 0.15) is 18.5 Å². The maximum Gasteiger partial charge on any atom is 0.267 e. The number of para-hydroxylation sites is 2. The summed E-state index contributed by atoms with van der Waals surface area (Å²) >= 11 is 0. The van der Waals surface area contributed by atoms with E-state index < -0.39 is 12.2 Å². The molecule has 1 saturated heterocycles. The molecule has 1 aromatic carbocycles. The number of likely N-dealkylation sites (tertiary alicyclic amines) is 1. The highest BCUT2D eigenvalue weighted by Gasteiger charge is 2.36. The number of aliphatic hydroxyl groups excluding tert-OH is 1. The van der Waals surface area contributed by atoms with Crippen molar-refractivity contribution in [2.24, 2.45) is 0 Å². The van der Waals surface area contributed by atoms with Gasteiger partial charge >= 0.3 is 0 Å². The van der Waals surface area contributed by atoms with Crippen LogP contribution in [0.25, 0.3) is 0 Å². The first-order chi connectivity index (χ1) is 13.2. The zero-order chi connectivity index (χ0) is 18.6. The van der Waals surface area contributed by atoms with Crippen LogP contribution in [0.5, 0.6) is 11.5 Å². The average Bonchev–Trinajstić information content (AvgIpc) is 3.15. The number of carbonyl (C=O) groups excluding carboxylic acids is 1. The van der Waals surface area contributed by atoms with Crippen LogP contribution < -0.4 is 9.47 Å². The summed E-state index contributed by atoms with van der Waals surface area (Å²) in [7, 11) is 0. The molecule has 0 bridgehead atoms. The molecule has 0 spiro atoms. The zero-order valence-corrected chi connectivity index (χ0v) is 15.3. The lowest BCUT2D eigenvalue weighted by Crippen LogP contribution is -2.50. The Labute approximate surface area is 158 Å². The van der Waals surface area contributed by atoms with Gasteiger partial charge in [-0.1, -0.05) is 25.0 Å². The number of hydrogen-bond donors (Lipinski definition) is 1. The quantitative estimate of drug-likeness (QED) is 0.893. The molecular weight excluding hydrogens is 346 g/mol. The van der Waals surface area contributed by atoms with E-state index in [9.17, 15) is 9.90 Å². The molecule has 144 valence electrons. The van der Waals surface area contributed by atoms with Gasteiger partial charge in [-0.2, -0.15) is 0 Å². The van der Waals surface area contributed by atoms with Gasteiger partial charge in [0.05, 0.1) is 6.26 Å². The highest BCUT2D eigenvalue weighted by molar-refractivity contribution is 5.82. The fourth-order valence-electron chi connectivity index (χ4n) is 3.89. The van der Waals surface area contributed by atoms with Crippen LogP contribution in [0, 0.1) is 0 Å². The average molecular weight is 371 g/mol. The number of furan rings is 1. The Morgan fingerprint density at radius 1 is 1.15 bits per heavy atom. The Morgan fingerprint density at radius 3 is 2.81 bits per heavy atom. The summed E-state index contributed by atoms with van der Waals surface area (Å²) in [4.78, 5) is 15.1. The van der Waals surface area contributed by atoms with Crippen LogP contribution in [0.3, 0.4) is 0 Å². The van der Waals surface area contributed by atoms with E-state index >= 15 is 0 Å². The van der Waals surface area contributed by atoms with Crippen molar-refractivity contribution in [1.29, 1.82) is 0 Å². The molecule has 3 unspecified atom stereocenters. The fourth-order valence-corrected chi connectivity index (χ4v) is 3.89. The van der Waals surface area contributed by atoms with E-state index in [0.29, 0.717) is 30.2 Å². The van der Waals surface area contributed by atoms with Crippen LogP contribution in [-0.2, 0) is 4.79 Å². The molecule has 6 nitrogen and oxygen atoms in total. The van der Waals surface area contributed by atoms with E-state index in [1.54, 1.807) is 18.4 Å². The molecule has 0 radical (unpaired) electrons.